The number of hydrogen-bond acceptors (Lipinski definition) is 6. The summed E-state index contributed by atoms with van der Waals surface area (Å²) in [5, 5.41) is 10.1. The Labute approximate surface area is 194 Å². The number of fused-ring (bicyclic) bond motifs is 1. The van der Waals surface area contributed by atoms with Crippen LogP contribution in [0.3, 0.4) is 0 Å². The molecule has 164 valence electrons. The molecule has 4 aromatic rings. The van der Waals surface area contributed by atoms with Gasteiger partial charge in [0, 0.05) is 55.1 Å². The number of benzene rings is 1. The molecule has 3 heterocycles. The molecule has 1 aromatic carbocycles. The van der Waals surface area contributed by atoms with Crippen molar-refractivity contribution < 1.29 is 19.4 Å². The van der Waals surface area contributed by atoms with Gasteiger partial charge in [0.1, 0.15) is 0 Å². The van der Waals surface area contributed by atoms with E-state index in [0.29, 0.717) is 25.9 Å². The number of carboxylic acids is 1. The second-order valence-corrected chi connectivity index (χ2v) is 10.1. The van der Waals surface area contributed by atoms with Crippen LogP contribution in [0.25, 0.3) is 31.8 Å². The number of hydrogen-bond donors (Lipinski definition) is 1. The molecule has 32 heavy (non-hydrogen) atoms. The zero-order valence-electron chi connectivity index (χ0n) is 17.9. The number of aromatic nitrogens is 1. The number of nitrogens with zero attached hydrogens (tertiary/aromatic N) is 1. The molecule has 0 fully saturated rings. The van der Waals surface area contributed by atoms with Crippen molar-refractivity contribution in [1.29, 1.82) is 0 Å². The molecule has 0 saturated carbocycles. The maximum Gasteiger partial charge on any atom is 0.303 e. The quantitative estimate of drug-likeness (QED) is 0.241. The summed E-state index contributed by atoms with van der Waals surface area (Å²) < 4.78 is 4.86. The van der Waals surface area contributed by atoms with Crippen LogP contribution in [0.5, 0.6) is 0 Å². The van der Waals surface area contributed by atoms with Gasteiger partial charge in [-0.05, 0) is 49.6 Å². The smallest absolute Gasteiger partial charge is 0.303 e. The third-order valence-electron chi connectivity index (χ3n) is 5.51. The summed E-state index contributed by atoms with van der Waals surface area (Å²) in [7, 11) is 0. The number of pyridine rings is 1. The minimum absolute atomic E-state index is 0.135. The summed E-state index contributed by atoms with van der Waals surface area (Å²) in [5.74, 6) is -0.778. The highest BCUT2D eigenvalue weighted by Crippen LogP contribution is 2.41. The Bertz CT molecular complexity index is 1290. The molecule has 0 atom stereocenters. The third kappa shape index (κ3) is 4.59. The first-order valence-corrected chi connectivity index (χ1v) is 12.0. The van der Waals surface area contributed by atoms with E-state index < -0.39 is 5.97 Å². The summed E-state index contributed by atoms with van der Waals surface area (Å²) >= 11 is 3.41. The Balaban J connectivity index is 1.73. The van der Waals surface area contributed by atoms with E-state index in [-0.39, 0.29) is 6.42 Å². The van der Waals surface area contributed by atoms with Crippen LogP contribution in [-0.2, 0) is 27.2 Å². The van der Waals surface area contributed by atoms with Crippen LogP contribution in [0.1, 0.15) is 27.3 Å². The van der Waals surface area contributed by atoms with Crippen molar-refractivity contribution in [2.75, 3.05) is 6.61 Å². The van der Waals surface area contributed by atoms with Gasteiger partial charge >= 0.3 is 5.97 Å². The molecule has 0 aliphatic carbocycles. The number of aliphatic carboxylic acids is 1. The number of ether oxygens (including phenoxy) is 1. The Morgan fingerprint density at radius 2 is 1.69 bits per heavy atom. The summed E-state index contributed by atoms with van der Waals surface area (Å²) in [4.78, 5) is 30.8. The molecule has 0 radical (unpaired) electrons. The topological polar surface area (TPSA) is 76.5 Å². The number of aryl methyl sites for hydroxylation is 3. The number of carbonyl (C=O) groups excluding carboxylic acids is 1. The second-order valence-electron chi connectivity index (χ2n) is 7.56. The molecule has 4 rings (SSSR count). The van der Waals surface area contributed by atoms with E-state index in [1.165, 1.54) is 10.4 Å². The standard InChI is InChI=1S/C25H23NO4S2/c1-15-17(5-8-24(28)29)12-22(31-15)19-6-7-21(25-20(19)4-3-10-26-25)23-13-18(16(2)32-23)9-11-30-14-27/h3-4,6-7,10,12-14H,5,8-9,11H2,1-2H3,(H,28,29). The van der Waals surface area contributed by atoms with Gasteiger partial charge in [0.05, 0.1) is 12.1 Å². The molecule has 0 bridgehead atoms. The first-order chi connectivity index (χ1) is 15.5. The predicted molar refractivity (Wildman–Crippen MR) is 130 cm³/mol. The fraction of sp³-hybridized carbons (Fsp3) is 0.240. The van der Waals surface area contributed by atoms with Crippen molar-refractivity contribution >= 4 is 46.0 Å². The molecule has 0 unspecified atom stereocenters. The lowest BCUT2D eigenvalue weighted by Crippen LogP contribution is -1.97. The molecule has 0 spiro atoms. The molecule has 7 heteroatoms. The number of carboxylic acid groups (broad SMARTS) is 1. The van der Waals surface area contributed by atoms with Crippen LogP contribution in [0.2, 0.25) is 0 Å². The Hall–Kier alpha value is -3.03. The van der Waals surface area contributed by atoms with Crippen molar-refractivity contribution in [3.05, 3.63) is 63.5 Å². The van der Waals surface area contributed by atoms with E-state index in [2.05, 4.69) is 37.3 Å². The fourth-order valence-electron chi connectivity index (χ4n) is 3.85. The van der Waals surface area contributed by atoms with E-state index in [1.807, 2.05) is 19.2 Å². The molecule has 0 saturated heterocycles. The van der Waals surface area contributed by atoms with Gasteiger partial charge in [-0.3, -0.25) is 14.6 Å². The van der Waals surface area contributed by atoms with Crippen molar-refractivity contribution in [2.24, 2.45) is 0 Å². The highest BCUT2D eigenvalue weighted by Gasteiger charge is 2.16. The predicted octanol–water partition coefficient (Wildman–Crippen LogP) is 6.04. The lowest BCUT2D eigenvalue weighted by Gasteiger charge is -2.08. The van der Waals surface area contributed by atoms with Crippen LogP contribution < -0.4 is 0 Å². The maximum absolute atomic E-state index is 11.0. The molecule has 0 amide bonds. The highest BCUT2D eigenvalue weighted by atomic mass is 32.1. The first kappa shape index (κ1) is 22.2. The minimum Gasteiger partial charge on any atom is -0.481 e. The summed E-state index contributed by atoms with van der Waals surface area (Å²) in [6, 6.07) is 12.6. The van der Waals surface area contributed by atoms with E-state index >= 15 is 0 Å². The number of rotatable bonds is 9. The van der Waals surface area contributed by atoms with Crippen LogP contribution >= 0.6 is 22.7 Å². The van der Waals surface area contributed by atoms with Gasteiger partial charge < -0.3 is 9.84 Å². The Morgan fingerprint density at radius 3 is 2.38 bits per heavy atom. The van der Waals surface area contributed by atoms with Gasteiger partial charge in [-0.1, -0.05) is 18.2 Å². The molecule has 3 aromatic heterocycles. The Morgan fingerprint density at radius 1 is 1.03 bits per heavy atom. The van der Waals surface area contributed by atoms with Crippen LogP contribution in [0.15, 0.2) is 42.6 Å². The van der Waals surface area contributed by atoms with Crippen LogP contribution in [0, 0.1) is 13.8 Å². The number of carbonyl (C=O) groups is 2. The van der Waals surface area contributed by atoms with Crippen LogP contribution in [0.4, 0.5) is 0 Å². The van der Waals surface area contributed by atoms with E-state index in [4.69, 9.17) is 14.8 Å². The van der Waals surface area contributed by atoms with Gasteiger partial charge in [0.25, 0.3) is 6.47 Å². The largest absolute Gasteiger partial charge is 0.481 e. The third-order valence-corrected chi connectivity index (χ3v) is 7.76. The molecule has 0 aliphatic rings. The average molecular weight is 466 g/mol. The van der Waals surface area contributed by atoms with Crippen molar-refractivity contribution in [1.82, 2.24) is 4.98 Å². The molecule has 0 aliphatic heterocycles. The highest BCUT2D eigenvalue weighted by molar-refractivity contribution is 7.16. The first-order valence-electron chi connectivity index (χ1n) is 10.3. The normalized spacial score (nSPS) is 11.1. The zero-order valence-corrected chi connectivity index (χ0v) is 19.5. The van der Waals surface area contributed by atoms with Crippen molar-refractivity contribution in [2.45, 2.75) is 33.1 Å². The maximum atomic E-state index is 11.0. The van der Waals surface area contributed by atoms with Gasteiger partial charge in [0.15, 0.2) is 0 Å². The molecular formula is C25H23NO4S2. The molecule has 1 N–H and O–H groups in total. The van der Waals surface area contributed by atoms with E-state index in [1.54, 1.807) is 22.7 Å². The summed E-state index contributed by atoms with van der Waals surface area (Å²) in [6.07, 6.45) is 3.18. The van der Waals surface area contributed by atoms with E-state index in [9.17, 15) is 9.59 Å². The number of thiophene rings is 2. The monoisotopic (exact) mass is 465 g/mol. The molecule has 5 nitrogen and oxygen atoms in total. The van der Waals surface area contributed by atoms with Gasteiger partial charge in [-0.2, -0.15) is 0 Å². The lowest BCUT2D eigenvalue weighted by atomic mass is 10.0. The molecular weight excluding hydrogens is 442 g/mol. The lowest BCUT2D eigenvalue weighted by molar-refractivity contribution is -0.137. The SMILES string of the molecule is Cc1sc(-c2ccc(-c3cc(CCOC=O)c(C)s3)c3ncccc23)cc1CCC(=O)O. The van der Waals surface area contributed by atoms with Gasteiger partial charge in [0.2, 0.25) is 0 Å². The van der Waals surface area contributed by atoms with Gasteiger partial charge in [-0.25, -0.2) is 0 Å². The van der Waals surface area contributed by atoms with Crippen LogP contribution in [-0.4, -0.2) is 29.1 Å². The Kier molecular flexibility index (Phi) is 6.67. The zero-order chi connectivity index (χ0) is 22.7. The van der Waals surface area contributed by atoms with Crippen molar-refractivity contribution in [3.8, 4) is 20.9 Å². The second kappa shape index (κ2) is 9.63. The van der Waals surface area contributed by atoms with Crippen molar-refractivity contribution in [3.63, 3.8) is 0 Å². The summed E-state index contributed by atoms with van der Waals surface area (Å²) in [5.41, 5.74) is 5.40. The fourth-order valence-corrected chi connectivity index (χ4v) is 6.06. The van der Waals surface area contributed by atoms with Gasteiger partial charge in [-0.15, -0.1) is 22.7 Å². The minimum atomic E-state index is -0.778. The average Bonchev–Trinajstić information content (AvgIpc) is 3.33. The van der Waals surface area contributed by atoms with E-state index in [0.717, 1.165) is 42.2 Å². The summed E-state index contributed by atoms with van der Waals surface area (Å²) in [6.45, 7) is 4.99.